The van der Waals surface area contributed by atoms with Crippen LogP contribution in [0.5, 0.6) is 0 Å². The Morgan fingerprint density at radius 1 is 1.90 bits per heavy atom. The Hall–Kier alpha value is -0.830. The molecule has 0 saturated carbocycles. The molecule has 1 aliphatic heterocycles. The largest absolute Gasteiger partial charge is 0.473 e. The van der Waals surface area contributed by atoms with Crippen molar-refractivity contribution < 1.29 is 9.47 Å². The van der Waals surface area contributed by atoms with Gasteiger partial charge in [-0.15, -0.1) is 0 Å². The van der Waals surface area contributed by atoms with Crippen LogP contribution >= 0.6 is 0 Å². The zero-order valence-corrected chi connectivity index (χ0v) is 6.26. The number of hydrogen-bond acceptors (Lipinski definition) is 3. The lowest BCUT2D eigenvalue weighted by molar-refractivity contribution is 0.0833. The van der Waals surface area contributed by atoms with Crippen molar-refractivity contribution in [3.05, 3.63) is 12.2 Å². The van der Waals surface area contributed by atoms with Crippen molar-refractivity contribution in [3.8, 4) is 0 Å². The van der Waals surface area contributed by atoms with Crippen LogP contribution in [-0.4, -0.2) is 25.8 Å². The number of ether oxygens (including phenoxy) is 2. The molecule has 3 heteroatoms. The Balaban J connectivity index is 2.57. The molecule has 0 radical (unpaired) electrons. The van der Waals surface area contributed by atoms with Gasteiger partial charge in [0.05, 0.1) is 0 Å². The molecule has 3 nitrogen and oxygen atoms in total. The number of hydrogen-bond donors (Lipinski definition) is 0. The molecule has 0 aromatic heterocycles. The van der Waals surface area contributed by atoms with Crippen LogP contribution in [0.3, 0.4) is 0 Å². The molecular formula is C7H11NO2. The second-order valence-electron chi connectivity index (χ2n) is 2.22. The average Bonchev–Trinajstić information content (AvgIpc) is 2.34. The average molecular weight is 141 g/mol. The van der Waals surface area contributed by atoms with Gasteiger partial charge in [-0.2, -0.15) is 0 Å². The maximum absolute atomic E-state index is 5.14. The van der Waals surface area contributed by atoms with E-state index < -0.39 is 0 Å². The molecule has 1 atom stereocenters. The lowest BCUT2D eigenvalue weighted by atomic mass is 10.4. The Kier molecular flexibility index (Phi) is 2.06. The monoisotopic (exact) mass is 141 g/mol. The van der Waals surface area contributed by atoms with E-state index in [4.69, 9.17) is 9.47 Å². The van der Waals surface area contributed by atoms with Gasteiger partial charge in [-0.25, -0.2) is 4.99 Å². The van der Waals surface area contributed by atoms with E-state index in [-0.39, 0.29) is 6.23 Å². The summed E-state index contributed by atoms with van der Waals surface area (Å²) in [7, 11) is 1.61. The number of rotatable bonds is 2. The minimum atomic E-state index is -0.133. The van der Waals surface area contributed by atoms with E-state index in [9.17, 15) is 0 Å². The molecule has 0 bridgehead atoms. The van der Waals surface area contributed by atoms with Crippen molar-refractivity contribution in [3.63, 3.8) is 0 Å². The van der Waals surface area contributed by atoms with Gasteiger partial charge in [-0.1, -0.05) is 6.58 Å². The van der Waals surface area contributed by atoms with Crippen LogP contribution < -0.4 is 0 Å². The van der Waals surface area contributed by atoms with Crippen molar-refractivity contribution in [2.75, 3.05) is 13.7 Å². The molecule has 0 fully saturated rings. The first-order chi connectivity index (χ1) is 4.74. The molecule has 10 heavy (non-hydrogen) atoms. The quantitative estimate of drug-likeness (QED) is 0.573. The van der Waals surface area contributed by atoms with Crippen molar-refractivity contribution in [1.82, 2.24) is 0 Å². The van der Waals surface area contributed by atoms with Crippen LogP contribution in [0.4, 0.5) is 0 Å². The lowest BCUT2D eigenvalue weighted by Crippen LogP contribution is -2.07. The predicted molar refractivity (Wildman–Crippen MR) is 39.0 cm³/mol. The van der Waals surface area contributed by atoms with E-state index in [1.165, 1.54) is 0 Å². The van der Waals surface area contributed by atoms with Crippen molar-refractivity contribution in [1.29, 1.82) is 0 Å². The summed E-state index contributed by atoms with van der Waals surface area (Å²) >= 11 is 0. The van der Waals surface area contributed by atoms with Crippen LogP contribution in [0.1, 0.15) is 6.92 Å². The molecule has 1 aliphatic rings. The van der Waals surface area contributed by atoms with Gasteiger partial charge < -0.3 is 9.47 Å². The summed E-state index contributed by atoms with van der Waals surface area (Å²) < 4.78 is 10.1. The molecular weight excluding hydrogens is 130 g/mol. The Morgan fingerprint density at radius 2 is 2.60 bits per heavy atom. The topological polar surface area (TPSA) is 30.8 Å². The smallest absolute Gasteiger partial charge is 0.213 e. The molecule has 1 rings (SSSR count). The van der Waals surface area contributed by atoms with E-state index in [0.29, 0.717) is 12.5 Å². The summed E-state index contributed by atoms with van der Waals surface area (Å²) in [5.74, 6) is 0.617. The zero-order chi connectivity index (χ0) is 7.56. The maximum atomic E-state index is 5.14. The minimum Gasteiger partial charge on any atom is -0.473 e. The molecule has 56 valence electrons. The van der Waals surface area contributed by atoms with E-state index in [1.54, 1.807) is 7.11 Å². The van der Waals surface area contributed by atoms with Gasteiger partial charge in [0.25, 0.3) is 0 Å². The Labute approximate surface area is 60.4 Å². The zero-order valence-electron chi connectivity index (χ0n) is 6.26. The fraction of sp³-hybridized carbons (Fsp3) is 0.571. The first kappa shape index (κ1) is 7.28. The summed E-state index contributed by atoms with van der Waals surface area (Å²) in [4.78, 5) is 4.08. The molecule has 0 aromatic carbocycles. The fourth-order valence-corrected chi connectivity index (χ4v) is 0.710. The number of aliphatic imine (C=N–C) groups is 1. The standard InChI is InChI=1S/C7H11NO2/c1-5(2)7-8-6(9-3)4-10-7/h6H,1,4H2,2-3H3. The highest BCUT2D eigenvalue weighted by molar-refractivity contribution is 5.93. The highest BCUT2D eigenvalue weighted by Gasteiger charge is 2.17. The SMILES string of the molecule is C=C(C)C1=NC(OC)CO1. The predicted octanol–water partition coefficient (Wildman–Crippen LogP) is 0.964. The molecule has 0 amide bonds. The molecule has 0 saturated heterocycles. The molecule has 0 aromatic rings. The van der Waals surface area contributed by atoms with Gasteiger partial charge in [0, 0.05) is 12.7 Å². The van der Waals surface area contributed by atoms with E-state index in [1.807, 2.05) is 6.92 Å². The van der Waals surface area contributed by atoms with Crippen LogP contribution in [0.2, 0.25) is 0 Å². The van der Waals surface area contributed by atoms with E-state index in [2.05, 4.69) is 11.6 Å². The molecule has 0 aliphatic carbocycles. The summed E-state index contributed by atoms with van der Waals surface area (Å²) in [6.45, 7) is 6.07. The van der Waals surface area contributed by atoms with Crippen LogP contribution in [0.15, 0.2) is 17.1 Å². The number of methoxy groups -OCH3 is 1. The van der Waals surface area contributed by atoms with Crippen molar-refractivity contribution >= 4 is 5.90 Å². The third-order valence-corrected chi connectivity index (χ3v) is 1.26. The maximum Gasteiger partial charge on any atom is 0.213 e. The van der Waals surface area contributed by atoms with Gasteiger partial charge >= 0.3 is 0 Å². The second-order valence-corrected chi connectivity index (χ2v) is 2.22. The Morgan fingerprint density at radius 3 is 2.90 bits per heavy atom. The second kappa shape index (κ2) is 2.84. The molecule has 1 heterocycles. The van der Waals surface area contributed by atoms with E-state index >= 15 is 0 Å². The first-order valence-electron chi connectivity index (χ1n) is 3.13. The normalized spacial score (nSPS) is 23.8. The summed E-state index contributed by atoms with van der Waals surface area (Å²) in [6.07, 6.45) is -0.133. The third-order valence-electron chi connectivity index (χ3n) is 1.26. The minimum absolute atomic E-state index is 0.133. The van der Waals surface area contributed by atoms with Gasteiger partial charge in [-0.05, 0) is 6.92 Å². The van der Waals surface area contributed by atoms with Crippen LogP contribution in [0, 0.1) is 0 Å². The lowest BCUT2D eigenvalue weighted by Gasteiger charge is -1.98. The third kappa shape index (κ3) is 1.36. The van der Waals surface area contributed by atoms with Crippen molar-refractivity contribution in [2.24, 2.45) is 4.99 Å². The van der Waals surface area contributed by atoms with Gasteiger partial charge in [0.15, 0.2) is 6.23 Å². The Bertz CT molecular complexity index is 174. The van der Waals surface area contributed by atoms with E-state index in [0.717, 1.165) is 5.57 Å². The molecule has 1 unspecified atom stereocenters. The van der Waals surface area contributed by atoms with Gasteiger partial charge in [0.1, 0.15) is 6.61 Å². The number of nitrogens with zero attached hydrogens (tertiary/aromatic N) is 1. The highest BCUT2D eigenvalue weighted by atomic mass is 16.6. The molecule has 0 N–H and O–H groups in total. The van der Waals surface area contributed by atoms with Crippen LogP contribution in [0.25, 0.3) is 0 Å². The van der Waals surface area contributed by atoms with Crippen molar-refractivity contribution in [2.45, 2.75) is 13.2 Å². The fourth-order valence-electron chi connectivity index (χ4n) is 0.710. The van der Waals surface area contributed by atoms with Gasteiger partial charge in [-0.3, -0.25) is 0 Å². The first-order valence-corrected chi connectivity index (χ1v) is 3.13. The highest BCUT2D eigenvalue weighted by Crippen LogP contribution is 2.08. The van der Waals surface area contributed by atoms with Gasteiger partial charge in [0.2, 0.25) is 5.90 Å². The summed E-state index contributed by atoms with van der Waals surface area (Å²) in [5, 5.41) is 0. The summed E-state index contributed by atoms with van der Waals surface area (Å²) in [5.41, 5.74) is 0.847. The summed E-state index contributed by atoms with van der Waals surface area (Å²) in [6, 6.07) is 0. The molecule has 0 spiro atoms. The van der Waals surface area contributed by atoms with Crippen LogP contribution in [-0.2, 0) is 9.47 Å².